The molecule has 19 heavy (non-hydrogen) atoms. The quantitative estimate of drug-likeness (QED) is 0.849. The predicted molar refractivity (Wildman–Crippen MR) is 69.9 cm³/mol. The van der Waals surface area contributed by atoms with Crippen molar-refractivity contribution in [3.8, 4) is 5.75 Å². The lowest BCUT2D eigenvalue weighted by Gasteiger charge is -2.04. The molecule has 0 fully saturated rings. The highest BCUT2D eigenvalue weighted by atomic mass is 16.5. The molecule has 0 saturated heterocycles. The molecule has 0 aliphatic carbocycles. The van der Waals surface area contributed by atoms with Crippen molar-refractivity contribution in [2.24, 2.45) is 0 Å². The second-order valence-corrected chi connectivity index (χ2v) is 3.99. The first-order valence-corrected chi connectivity index (χ1v) is 6.05. The zero-order valence-corrected chi connectivity index (χ0v) is 10.9. The second-order valence-electron chi connectivity index (χ2n) is 3.99. The monoisotopic (exact) mass is 260 g/mol. The number of ether oxygens (including phenoxy) is 1. The summed E-state index contributed by atoms with van der Waals surface area (Å²) in [6.45, 7) is 2.37. The van der Waals surface area contributed by atoms with Crippen molar-refractivity contribution in [3.05, 3.63) is 41.5 Å². The summed E-state index contributed by atoms with van der Waals surface area (Å²) >= 11 is 0. The number of rotatable bonds is 5. The molecule has 6 heteroatoms. The van der Waals surface area contributed by atoms with Crippen LogP contribution in [0.4, 0.5) is 0 Å². The van der Waals surface area contributed by atoms with E-state index in [9.17, 15) is 4.79 Å². The number of carbonyl (C=O) groups excluding carboxylic acids is 1. The number of aromatic amines is 1. The minimum absolute atomic E-state index is 0.172. The summed E-state index contributed by atoms with van der Waals surface area (Å²) < 4.78 is 5.07. The first-order chi connectivity index (χ1) is 9.22. The van der Waals surface area contributed by atoms with Crippen molar-refractivity contribution >= 4 is 5.91 Å². The molecular weight excluding hydrogens is 244 g/mol. The molecular formula is C13H16N4O2. The lowest BCUT2D eigenvalue weighted by Crippen LogP contribution is -2.24. The Bertz CT molecular complexity index is 548. The van der Waals surface area contributed by atoms with Gasteiger partial charge in [-0.2, -0.15) is 0 Å². The Balaban J connectivity index is 1.92. The van der Waals surface area contributed by atoms with Gasteiger partial charge in [0, 0.05) is 13.0 Å². The molecule has 2 N–H and O–H groups in total. The zero-order valence-electron chi connectivity index (χ0n) is 10.9. The number of aryl methyl sites for hydroxylation is 1. The largest absolute Gasteiger partial charge is 0.497 e. The van der Waals surface area contributed by atoms with Gasteiger partial charge in [0.25, 0.3) is 5.91 Å². The van der Waals surface area contributed by atoms with Crippen molar-refractivity contribution in [1.29, 1.82) is 0 Å². The highest BCUT2D eigenvalue weighted by molar-refractivity contribution is 5.90. The SMILES string of the molecule is CCc1nc(C(=O)NCc2ccc(OC)cc2)n[nH]1. The van der Waals surface area contributed by atoms with Gasteiger partial charge in [0.1, 0.15) is 11.6 Å². The smallest absolute Gasteiger partial charge is 0.291 e. The number of nitrogens with zero attached hydrogens (tertiary/aromatic N) is 2. The third-order valence-corrected chi connectivity index (χ3v) is 2.68. The van der Waals surface area contributed by atoms with Crippen LogP contribution in [0, 0.1) is 0 Å². The summed E-state index contributed by atoms with van der Waals surface area (Å²) in [5.41, 5.74) is 0.986. The van der Waals surface area contributed by atoms with Crippen LogP contribution in [-0.2, 0) is 13.0 Å². The Kier molecular flexibility index (Phi) is 4.12. The van der Waals surface area contributed by atoms with E-state index in [1.807, 2.05) is 31.2 Å². The topological polar surface area (TPSA) is 79.9 Å². The average Bonchev–Trinajstić information content (AvgIpc) is 2.94. The minimum atomic E-state index is -0.285. The molecule has 0 radical (unpaired) electrons. The van der Waals surface area contributed by atoms with E-state index in [0.717, 1.165) is 17.7 Å². The molecule has 0 spiro atoms. The van der Waals surface area contributed by atoms with Crippen molar-refractivity contribution in [2.75, 3.05) is 7.11 Å². The Morgan fingerprint density at radius 3 is 2.68 bits per heavy atom. The Morgan fingerprint density at radius 2 is 2.11 bits per heavy atom. The maximum absolute atomic E-state index is 11.8. The van der Waals surface area contributed by atoms with Gasteiger partial charge in [0.05, 0.1) is 7.11 Å². The molecule has 0 atom stereocenters. The van der Waals surface area contributed by atoms with Crippen molar-refractivity contribution in [2.45, 2.75) is 19.9 Å². The van der Waals surface area contributed by atoms with Crippen LogP contribution in [0.25, 0.3) is 0 Å². The Morgan fingerprint density at radius 1 is 1.37 bits per heavy atom. The average molecular weight is 260 g/mol. The number of amides is 1. The van der Waals surface area contributed by atoms with Gasteiger partial charge in [-0.3, -0.25) is 9.89 Å². The van der Waals surface area contributed by atoms with E-state index in [1.165, 1.54) is 0 Å². The predicted octanol–water partition coefficient (Wildman–Crippen LogP) is 1.31. The molecule has 2 aromatic rings. The second kappa shape index (κ2) is 5.99. The number of carbonyl (C=O) groups is 1. The van der Waals surface area contributed by atoms with Gasteiger partial charge in [-0.25, -0.2) is 4.98 Å². The third kappa shape index (κ3) is 3.31. The van der Waals surface area contributed by atoms with Gasteiger partial charge in [0.2, 0.25) is 5.82 Å². The number of H-pyrrole nitrogens is 1. The number of nitrogens with one attached hydrogen (secondary N) is 2. The summed E-state index contributed by atoms with van der Waals surface area (Å²) in [6.07, 6.45) is 0.721. The zero-order chi connectivity index (χ0) is 13.7. The maximum atomic E-state index is 11.8. The maximum Gasteiger partial charge on any atom is 0.291 e. The van der Waals surface area contributed by atoms with Crippen LogP contribution >= 0.6 is 0 Å². The summed E-state index contributed by atoms with van der Waals surface area (Å²) in [7, 11) is 1.62. The van der Waals surface area contributed by atoms with Crippen molar-refractivity contribution in [3.63, 3.8) is 0 Å². The number of aromatic nitrogens is 3. The number of methoxy groups -OCH3 is 1. The van der Waals surface area contributed by atoms with Crippen LogP contribution in [-0.4, -0.2) is 28.2 Å². The lowest BCUT2D eigenvalue weighted by molar-refractivity contribution is 0.0941. The Labute approximate surface area is 111 Å². The standard InChI is InChI=1S/C13H16N4O2/c1-3-11-15-12(17-16-11)13(18)14-8-9-4-6-10(19-2)7-5-9/h4-7H,3,8H2,1-2H3,(H,14,18)(H,15,16,17). The van der Waals surface area contributed by atoms with Gasteiger partial charge >= 0.3 is 0 Å². The molecule has 2 rings (SSSR count). The van der Waals surface area contributed by atoms with E-state index < -0.39 is 0 Å². The van der Waals surface area contributed by atoms with E-state index in [2.05, 4.69) is 20.5 Å². The molecule has 1 aromatic carbocycles. The molecule has 0 saturated carbocycles. The van der Waals surface area contributed by atoms with Crippen LogP contribution < -0.4 is 10.1 Å². The fourth-order valence-corrected chi connectivity index (χ4v) is 1.56. The molecule has 100 valence electrons. The lowest BCUT2D eigenvalue weighted by atomic mass is 10.2. The Hall–Kier alpha value is -2.37. The van der Waals surface area contributed by atoms with E-state index in [4.69, 9.17) is 4.74 Å². The highest BCUT2D eigenvalue weighted by Gasteiger charge is 2.11. The highest BCUT2D eigenvalue weighted by Crippen LogP contribution is 2.10. The first-order valence-electron chi connectivity index (χ1n) is 6.05. The fourth-order valence-electron chi connectivity index (χ4n) is 1.56. The molecule has 1 heterocycles. The van der Waals surface area contributed by atoms with Gasteiger partial charge in [-0.15, -0.1) is 5.10 Å². The van der Waals surface area contributed by atoms with E-state index in [-0.39, 0.29) is 11.7 Å². The van der Waals surface area contributed by atoms with Crippen LogP contribution in [0.2, 0.25) is 0 Å². The van der Waals surface area contributed by atoms with Gasteiger partial charge < -0.3 is 10.1 Å². The van der Waals surface area contributed by atoms with E-state index in [0.29, 0.717) is 12.4 Å². The molecule has 0 bridgehead atoms. The molecule has 0 aliphatic rings. The van der Waals surface area contributed by atoms with Crippen molar-refractivity contribution < 1.29 is 9.53 Å². The van der Waals surface area contributed by atoms with Crippen LogP contribution in [0.5, 0.6) is 5.75 Å². The van der Waals surface area contributed by atoms with E-state index >= 15 is 0 Å². The summed E-state index contributed by atoms with van der Waals surface area (Å²) in [5.74, 6) is 1.38. The summed E-state index contributed by atoms with van der Waals surface area (Å²) in [5, 5.41) is 9.33. The van der Waals surface area contributed by atoms with Crippen molar-refractivity contribution in [1.82, 2.24) is 20.5 Å². The minimum Gasteiger partial charge on any atom is -0.497 e. The van der Waals surface area contributed by atoms with Gasteiger partial charge in [-0.1, -0.05) is 19.1 Å². The van der Waals surface area contributed by atoms with Crippen LogP contribution in [0.1, 0.15) is 28.9 Å². The van der Waals surface area contributed by atoms with Crippen LogP contribution in [0.3, 0.4) is 0 Å². The fraction of sp³-hybridized carbons (Fsp3) is 0.308. The van der Waals surface area contributed by atoms with Gasteiger partial charge in [0.15, 0.2) is 0 Å². The molecule has 1 aromatic heterocycles. The van der Waals surface area contributed by atoms with E-state index in [1.54, 1.807) is 7.11 Å². The number of hydrogen-bond donors (Lipinski definition) is 2. The summed E-state index contributed by atoms with van der Waals surface area (Å²) in [6, 6.07) is 7.50. The molecule has 0 aliphatic heterocycles. The third-order valence-electron chi connectivity index (χ3n) is 2.68. The summed E-state index contributed by atoms with van der Waals surface area (Å²) in [4.78, 5) is 15.9. The van der Waals surface area contributed by atoms with Gasteiger partial charge in [-0.05, 0) is 17.7 Å². The number of benzene rings is 1. The molecule has 1 amide bonds. The van der Waals surface area contributed by atoms with Crippen LogP contribution in [0.15, 0.2) is 24.3 Å². The molecule has 0 unspecified atom stereocenters. The first kappa shape index (κ1) is 13.1. The normalized spacial score (nSPS) is 10.2. The molecule has 6 nitrogen and oxygen atoms in total. The number of hydrogen-bond acceptors (Lipinski definition) is 4.